The summed E-state index contributed by atoms with van der Waals surface area (Å²) >= 11 is 0. The minimum absolute atomic E-state index is 0.00968. The van der Waals surface area contributed by atoms with E-state index in [1.165, 1.54) is 25.7 Å². The Kier molecular flexibility index (Phi) is 6.13. The normalized spacial score (nSPS) is 20.0. The fraction of sp³-hybridized carbons (Fsp3) is 0.667. The number of rotatable bonds is 5. The van der Waals surface area contributed by atoms with Crippen LogP contribution in [-0.4, -0.2) is 18.5 Å². The second-order valence-electron chi connectivity index (χ2n) is 5.03. The van der Waals surface area contributed by atoms with Gasteiger partial charge in [-0.05, 0) is 45.1 Å². The zero-order chi connectivity index (χ0) is 13.5. The van der Waals surface area contributed by atoms with E-state index in [1.54, 1.807) is 0 Å². The van der Waals surface area contributed by atoms with Crippen molar-refractivity contribution < 1.29 is 4.79 Å². The van der Waals surface area contributed by atoms with E-state index in [4.69, 9.17) is 5.73 Å². The quantitative estimate of drug-likeness (QED) is 0.582. The summed E-state index contributed by atoms with van der Waals surface area (Å²) in [6.45, 7) is 6.34. The topological polar surface area (TPSA) is 55.1 Å². The Morgan fingerprint density at radius 2 is 1.94 bits per heavy atom. The van der Waals surface area contributed by atoms with E-state index in [-0.39, 0.29) is 11.9 Å². The molecule has 3 heteroatoms. The van der Waals surface area contributed by atoms with Crippen molar-refractivity contribution in [1.29, 1.82) is 0 Å². The molecule has 3 N–H and O–H groups in total. The first-order valence-corrected chi connectivity index (χ1v) is 6.94. The highest BCUT2D eigenvalue weighted by Gasteiger charge is 2.26. The van der Waals surface area contributed by atoms with Gasteiger partial charge in [-0.2, -0.15) is 0 Å². The maximum absolute atomic E-state index is 12.2. The Morgan fingerprint density at radius 3 is 2.39 bits per heavy atom. The molecule has 1 saturated carbocycles. The highest BCUT2D eigenvalue weighted by Crippen LogP contribution is 2.27. The average molecular weight is 250 g/mol. The van der Waals surface area contributed by atoms with Crippen LogP contribution in [0.3, 0.4) is 0 Å². The molecule has 0 heterocycles. The van der Waals surface area contributed by atoms with Gasteiger partial charge in [-0.3, -0.25) is 4.79 Å². The molecule has 1 rings (SSSR count). The van der Waals surface area contributed by atoms with Gasteiger partial charge >= 0.3 is 0 Å². The predicted molar refractivity (Wildman–Crippen MR) is 76.1 cm³/mol. The van der Waals surface area contributed by atoms with Crippen molar-refractivity contribution in [2.75, 3.05) is 6.54 Å². The van der Waals surface area contributed by atoms with Crippen molar-refractivity contribution in [3.63, 3.8) is 0 Å². The Labute approximate surface area is 111 Å². The van der Waals surface area contributed by atoms with Crippen molar-refractivity contribution in [1.82, 2.24) is 5.32 Å². The van der Waals surface area contributed by atoms with Gasteiger partial charge in [0.05, 0.1) is 0 Å². The van der Waals surface area contributed by atoms with Gasteiger partial charge in [-0.1, -0.05) is 25.0 Å². The molecule has 0 aliphatic heterocycles. The van der Waals surface area contributed by atoms with Crippen molar-refractivity contribution in [3.8, 4) is 0 Å². The molecule has 0 bridgehead atoms. The van der Waals surface area contributed by atoms with Crippen LogP contribution in [0.2, 0.25) is 0 Å². The monoisotopic (exact) mass is 250 g/mol. The summed E-state index contributed by atoms with van der Waals surface area (Å²) in [5.74, 6) is 0.568. The van der Waals surface area contributed by atoms with Gasteiger partial charge in [0.2, 0.25) is 0 Å². The second kappa shape index (κ2) is 7.37. The third kappa shape index (κ3) is 3.70. The first kappa shape index (κ1) is 15.0. The van der Waals surface area contributed by atoms with Gasteiger partial charge in [0.25, 0.3) is 5.91 Å². The summed E-state index contributed by atoms with van der Waals surface area (Å²) < 4.78 is 0. The number of nitrogens with one attached hydrogen (secondary N) is 1. The average Bonchev–Trinajstić information content (AvgIpc) is 2.90. The lowest BCUT2D eigenvalue weighted by Crippen LogP contribution is -2.45. The minimum atomic E-state index is 0.00968. The van der Waals surface area contributed by atoms with Crippen LogP contribution >= 0.6 is 0 Å². The highest BCUT2D eigenvalue weighted by molar-refractivity contribution is 5.97. The van der Waals surface area contributed by atoms with Gasteiger partial charge in [0.15, 0.2) is 0 Å². The number of hydrogen-bond donors (Lipinski definition) is 2. The van der Waals surface area contributed by atoms with Crippen molar-refractivity contribution >= 4 is 5.91 Å². The van der Waals surface area contributed by atoms with Crippen LogP contribution in [-0.2, 0) is 4.79 Å². The molecule has 0 aromatic heterocycles. The highest BCUT2D eigenvalue weighted by atomic mass is 16.1. The molecule has 102 valence electrons. The molecule has 1 aliphatic carbocycles. The molecule has 0 aromatic carbocycles. The molecule has 0 saturated heterocycles. The summed E-state index contributed by atoms with van der Waals surface area (Å²) in [5.41, 5.74) is 7.57. The van der Waals surface area contributed by atoms with Crippen molar-refractivity contribution in [3.05, 3.63) is 23.3 Å². The largest absolute Gasteiger partial charge is 0.348 e. The molecule has 1 unspecified atom stereocenters. The van der Waals surface area contributed by atoms with E-state index in [1.807, 2.05) is 32.9 Å². The van der Waals surface area contributed by atoms with Crippen LogP contribution in [0.15, 0.2) is 23.3 Å². The van der Waals surface area contributed by atoms with Crippen LogP contribution < -0.4 is 11.1 Å². The molecule has 3 nitrogen and oxygen atoms in total. The Morgan fingerprint density at radius 1 is 1.33 bits per heavy atom. The molecule has 0 radical (unpaired) electrons. The van der Waals surface area contributed by atoms with Crippen molar-refractivity contribution in [2.24, 2.45) is 11.7 Å². The van der Waals surface area contributed by atoms with E-state index >= 15 is 0 Å². The lowest BCUT2D eigenvalue weighted by Gasteiger charge is -2.24. The summed E-state index contributed by atoms with van der Waals surface area (Å²) in [6, 6.07) is 0.125. The zero-order valence-corrected chi connectivity index (χ0v) is 11.8. The molecule has 1 amide bonds. The maximum Gasteiger partial charge on any atom is 0.251 e. The SMILES string of the molecule is C/C=C(C)\C(=C/C)C(=O)NC(CN)C1CCCC1. The fourth-order valence-corrected chi connectivity index (χ4v) is 2.67. The lowest BCUT2D eigenvalue weighted by atomic mass is 9.97. The molecule has 18 heavy (non-hydrogen) atoms. The second-order valence-corrected chi connectivity index (χ2v) is 5.03. The fourth-order valence-electron chi connectivity index (χ4n) is 2.67. The van der Waals surface area contributed by atoms with E-state index in [2.05, 4.69) is 5.32 Å². The Balaban J connectivity index is 2.66. The van der Waals surface area contributed by atoms with Crippen LogP contribution in [0.1, 0.15) is 46.5 Å². The van der Waals surface area contributed by atoms with Crippen LogP contribution in [0.25, 0.3) is 0 Å². The molecular weight excluding hydrogens is 224 g/mol. The first-order chi connectivity index (χ1) is 8.63. The van der Waals surface area contributed by atoms with Gasteiger partial charge in [0.1, 0.15) is 0 Å². The lowest BCUT2D eigenvalue weighted by molar-refractivity contribution is -0.118. The minimum Gasteiger partial charge on any atom is -0.348 e. The standard InChI is InChI=1S/C15H26N2O/c1-4-11(3)13(5-2)15(18)17-14(10-16)12-8-6-7-9-12/h4-5,12,14H,6-10,16H2,1-3H3,(H,17,18)/b11-4-,13-5+. The zero-order valence-electron chi connectivity index (χ0n) is 11.8. The number of amides is 1. The van der Waals surface area contributed by atoms with E-state index < -0.39 is 0 Å². The van der Waals surface area contributed by atoms with Gasteiger partial charge in [-0.25, -0.2) is 0 Å². The number of carbonyl (C=O) groups excluding carboxylic acids is 1. The molecule has 1 aliphatic rings. The summed E-state index contributed by atoms with van der Waals surface area (Å²) in [5, 5.41) is 3.10. The molecule has 1 fully saturated rings. The number of allylic oxidation sites excluding steroid dienone is 2. The van der Waals surface area contributed by atoms with Crippen LogP contribution in [0.4, 0.5) is 0 Å². The van der Waals surface area contributed by atoms with E-state index in [9.17, 15) is 4.79 Å². The predicted octanol–water partition coefficient (Wildman–Crippen LogP) is 2.53. The number of nitrogens with two attached hydrogens (primary N) is 1. The van der Waals surface area contributed by atoms with Crippen molar-refractivity contribution in [2.45, 2.75) is 52.5 Å². The maximum atomic E-state index is 12.2. The molecular formula is C15H26N2O. The van der Waals surface area contributed by atoms with Crippen LogP contribution in [0.5, 0.6) is 0 Å². The third-order valence-corrected chi connectivity index (χ3v) is 3.93. The molecule has 0 spiro atoms. The third-order valence-electron chi connectivity index (χ3n) is 3.93. The molecule has 1 atom stereocenters. The summed E-state index contributed by atoms with van der Waals surface area (Å²) in [6.07, 6.45) is 8.74. The first-order valence-electron chi connectivity index (χ1n) is 6.94. The van der Waals surface area contributed by atoms with Gasteiger partial charge in [-0.15, -0.1) is 0 Å². The van der Waals surface area contributed by atoms with Gasteiger partial charge in [0, 0.05) is 18.2 Å². The Bertz CT molecular complexity index is 338. The molecule has 0 aromatic rings. The van der Waals surface area contributed by atoms with E-state index in [0.717, 1.165) is 11.1 Å². The Hall–Kier alpha value is -1.09. The summed E-state index contributed by atoms with van der Waals surface area (Å²) in [4.78, 5) is 12.2. The smallest absolute Gasteiger partial charge is 0.251 e. The van der Waals surface area contributed by atoms with Gasteiger partial charge < -0.3 is 11.1 Å². The number of hydrogen-bond acceptors (Lipinski definition) is 2. The summed E-state index contributed by atoms with van der Waals surface area (Å²) in [7, 11) is 0. The number of carbonyl (C=O) groups is 1. The van der Waals surface area contributed by atoms with E-state index in [0.29, 0.717) is 12.5 Å². The van der Waals surface area contributed by atoms with Crippen LogP contribution in [0, 0.1) is 5.92 Å².